The van der Waals surface area contributed by atoms with Gasteiger partial charge in [-0.1, -0.05) is 6.92 Å². The van der Waals surface area contributed by atoms with Crippen LogP contribution in [0.1, 0.15) is 27.7 Å². The van der Waals surface area contributed by atoms with Gasteiger partial charge in [-0.05, 0) is 20.8 Å². The molecule has 0 bridgehead atoms. The van der Waals surface area contributed by atoms with Crippen LogP contribution in [0.4, 0.5) is 0 Å². The van der Waals surface area contributed by atoms with E-state index in [4.69, 9.17) is 4.74 Å². The molecule has 102 valence electrons. The molecule has 2 amide bonds. The summed E-state index contributed by atoms with van der Waals surface area (Å²) in [5, 5.41) is 2.30. The summed E-state index contributed by atoms with van der Waals surface area (Å²) in [6.07, 6.45) is 0. The molecule has 6 nitrogen and oxygen atoms in total. The van der Waals surface area contributed by atoms with Crippen molar-refractivity contribution in [1.82, 2.24) is 10.2 Å². The Morgan fingerprint density at radius 3 is 2.44 bits per heavy atom. The first-order chi connectivity index (χ1) is 8.21. The molecular formula is C12H20N2O4. The molecule has 0 saturated carbocycles. The van der Waals surface area contributed by atoms with Gasteiger partial charge in [0.15, 0.2) is 0 Å². The van der Waals surface area contributed by atoms with Crippen molar-refractivity contribution in [3.63, 3.8) is 0 Å². The molecule has 2 unspecified atom stereocenters. The summed E-state index contributed by atoms with van der Waals surface area (Å²) in [4.78, 5) is 36.5. The minimum absolute atomic E-state index is 0.0985. The summed E-state index contributed by atoms with van der Waals surface area (Å²) >= 11 is 0. The number of nitrogens with zero attached hydrogens (tertiary/aromatic N) is 1. The second-order valence-electron chi connectivity index (χ2n) is 5.12. The number of piperazine rings is 1. The average Bonchev–Trinajstić information content (AvgIpc) is 2.31. The first-order valence-corrected chi connectivity index (χ1v) is 5.90. The van der Waals surface area contributed by atoms with Crippen LogP contribution in [-0.4, -0.2) is 47.9 Å². The van der Waals surface area contributed by atoms with Gasteiger partial charge in [-0.25, -0.2) is 0 Å². The quantitative estimate of drug-likeness (QED) is 0.564. The van der Waals surface area contributed by atoms with Crippen LogP contribution in [-0.2, 0) is 19.1 Å². The molecule has 0 aromatic heterocycles. The first kappa shape index (κ1) is 14.6. The van der Waals surface area contributed by atoms with Crippen molar-refractivity contribution in [2.45, 2.75) is 39.3 Å². The number of esters is 1. The minimum atomic E-state index is -0.824. The van der Waals surface area contributed by atoms with E-state index in [0.717, 1.165) is 0 Å². The first-order valence-electron chi connectivity index (χ1n) is 5.90. The molecule has 1 N–H and O–H groups in total. The van der Waals surface area contributed by atoms with E-state index in [-0.39, 0.29) is 30.4 Å². The van der Waals surface area contributed by atoms with Gasteiger partial charge in [0, 0.05) is 6.04 Å². The number of carbonyl (C=O) groups is 3. The van der Waals surface area contributed by atoms with Gasteiger partial charge >= 0.3 is 5.97 Å². The van der Waals surface area contributed by atoms with E-state index in [2.05, 4.69) is 5.32 Å². The number of amides is 2. The smallest absolute Gasteiger partial charge is 0.309 e. The molecule has 0 spiro atoms. The maximum atomic E-state index is 11.8. The van der Waals surface area contributed by atoms with Crippen LogP contribution < -0.4 is 5.32 Å². The lowest BCUT2D eigenvalue weighted by molar-refractivity contribution is -0.155. The molecule has 1 heterocycles. The van der Waals surface area contributed by atoms with E-state index in [0.29, 0.717) is 0 Å². The third kappa shape index (κ3) is 2.53. The Hall–Kier alpha value is -1.43. The molecule has 0 aromatic rings. The monoisotopic (exact) mass is 256 g/mol. The highest BCUT2D eigenvalue weighted by atomic mass is 16.5. The third-order valence-electron chi connectivity index (χ3n) is 3.63. The van der Waals surface area contributed by atoms with Crippen LogP contribution in [0.2, 0.25) is 0 Å². The molecular weight excluding hydrogens is 236 g/mol. The predicted octanol–water partition coefficient (Wildman–Crippen LogP) is -0.0790. The van der Waals surface area contributed by atoms with E-state index >= 15 is 0 Å². The highest BCUT2D eigenvalue weighted by molar-refractivity contribution is 6.03. The number of imide groups is 1. The lowest BCUT2D eigenvalue weighted by Crippen LogP contribution is -2.67. The fourth-order valence-electron chi connectivity index (χ4n) is 2.11. The second kappa shape index (κ2) is 5.06. The third-order valence-corrected chi connectivity index (χ3v) is 3.63. The Bertz CT molecular complexity index is 378. The van der Waals surface area contributed by atoms with Crippen LogP contribution in [0.15, 0.2) is 0 Å². The van der Waals surface area contributed by atoms with E-state index < -0.39 is 11.5 Å². The summed E-state index contributed by atoms with van der Waals surface area (Å²) in [6, 6.07) is -0.262. The van der Waals surface area contributed by atoms with Crippen LogP contribution in [0.3, 0.4) is 0 Å². The van der Waals surface area contributed by atoms with Crippen LogP contribution in [0.25, 0.3) is 0 Å². The Labute approximate surface area is 107 Å². The molecule has 0 radical (unpaired) electrons. The molecule has 0 aliphatic carbocycles. The van der Waals surface area contributed by atoms with Crippen molar-refractivity contribution in [2.75, 3.05) is 13.7 Å². The summed E-state index contributed by atoms with van der Waals surface area (Å²) < 4.78 is 4.69. The van der Waals surface area contributed by atoms with Crippen molar-refractivity contribution in [1.29, 1.82) is 0 Å². The number of rotatable bonds is 3. The van der Waals surface area contributed by atoms with Crippen molar-refractivity contribution < 1.29 is 19.1 Å². The zero-order chi connectivity index (χ0) is 14.1. The van der Waals surface area contributed by atoms with Gasteiger partial charge in [-0.3, -0.25) is 24.6 Å². The van der Waals surface area contributed by atoms with E-state index in [1.54, 1.807) is 25.7 Å². The minimum Gasteiger partial charge on any atom is -0.469 e. The molecule has 1 aliphatic heterocycles. The SMILES string of the molecule is COC(=O)C(C)C(C)N1CC(=O)NC(=O)C1(C)C. The largest absolute Gasteiger partial charge is 0.469 e. The van der Waals surface area contributed by atoms with Crippen LogP contribution in [0.5, 0.6) is 0 Å². The van der Waals surface area contributed by atoms with Crippen molar-refractivity contribution in [2.24, 2.45) is 5.92 Å². The van der Waals surface area contributed by atoms with Crippen molar-refractivity contribution in [3.05, 3.63) is 0 Å². The number of hydrogen-bond donors (Lipinski definition) is 1. The Kier molecular flexibility index (Phi) is 4.11. The van der Waals surface area contributed by atoms with Crippen LogP contribution in [0, 0.1) is 5.92 Å². The molecule has 1 rings (SSSR count). The van der Waals surface area contributed by atoms with Gasteiger partial charge in [-0.2, -0.15) is 0 Å². The topological polar surface area (TPSA) is 75.7 Å². The molecule has 1 saturated heterocycles. The van der Waals surface area contributed by atoms with E-state index in [1.807, 2.05) is 6.92 Å². The molecule has 2 atom stereocenters. The molecule has 1 aliphatic rings. The molecule has 1 fully saturated rings. The van der Waals surface area contributed by atoms with Gasteiger partial charge < -0.3 is 4.74 Å². The number of methoxy groups -OCH3 is 1. The fraction of sp³-hybridized carbons (Fsp3) is 0.750. The number of nitrogens with one attached hydrogen (secondary N) is 1. The van der Waals surface area contributed by atoms with E-state index in [9.17, 15) is 14.4 Å². The lowest BCUT2D eigenvalue weighted by atomic mass is 9.92. The van der Waals surface area contributed by atoms with Gasteiger partial charge in [0.2, 0.25) is 11.8 Å². The Balaban J connectivity index is 2.95. The molecule has 0 aromatic carbocycles. The lowest BCUT2D eigenvalue weighted by Gasteiger charge is -2.44. The highest BCUT2D eigenvalue weighted by Crippen LogP contribution is 2.25. The van der Waals surface area contributed by atoms with Gasteiger partial charge in [0.1, 0.15) is 0 Å². The second-order valence-corrected chi connectivity index (χ2v) is 5.12. The number of carbonyl (C=O) groups excluding carboxylic acids is 3. The van der Waals surface area contributed by atoms with Gasteiger partial charge in [-0.15, -0.1) is 0 Å². The zero-order valence-corrected chi connectivity index (χ0v) is 11.4. The molecule has 18 heavy (non-hydrogen) atoms. The van der Waals surface area contributed by atoms with Crippen molar-refractivity contribution in [3.8, 4) is 0 Å². The fourth-order valence-corrected chi connectivity index (χ4v) is 2.11. The number of ether oxygens (including phenoxy) is 1. The average molecular weight is 256 g/mol. The Morgan fingerprint density at radius 1 is 1.39 bits per heavy atom. The standard InChI is InChI=1S/C12H20N2O4/c1-7(10(16)18-5)8(2)14-6-9(15)13-11(17)12(14,3)4/h7-8H,6H2,1-5H3,(H,13,15,17). The van der Waals surface area contributed by atoms with Gasteiger partial charge in [0.25, 0.3) is 0 Å². The summed E-state index contributed by atoms with van der Waals surface area (Å²) in [5.41, 5.74) is -0.824. The van der Waals surface area contributed by atoms with Gasteiger partial charge in [0.05, 0.1) is 25.1 Å². The maximum Gasteiger partial charge on any atom is 0.309 e. The summed E-state index contributed by atoms with van der Waals surface area (Å²) in [7, 11) is 1.32. The summed E-state index contributed by atoms with van der Waals surface area (Å²) in [5.74, 6) is -1.45. The van der Waals surface area contributed by atoms with Crippen molar-refractivity contribution >= 4 is 17.8 Å². The zero-order valence-electron chi connectivity index (χ0n) is 11.4. The van der Waals surface area contributed by atoms with Crippen LogP contribution >= 0.6 is 0 Å². The number of hydrogen-bond acceptors (Lipinski definition) is 5. The summed E-state index contributed by atoms with van der Waals surface area (Å²) in [6.45, 7) is 7.10. The maximum absolute atomic E-state index is 11.8. The highest BCUT2D eigenvalue weighted by Gasteiger charge is 2.45. The Morgan fingerprint density at radius 2 is 1.94 bits per heavy atom. The van der Waals surface area contributed by atoms with E-state index in [1.165, 1.54) is 7.11 Å². The predicted molar refractivity (Wildman–Crippen MR) is 64.6 cm³/mol. The molecule has 6 heteroatoms. The normalized spacial score (nSPS) is 23.2.